The molecule has 0 bridgehead atoms. The summed E-state index contributed by atoms with van der Waals surface area (Å²) in [6.07, 6.45) is 0. The summed E-state index contributed by atoms with van der Waals surface area (Å²) in [7, 11) is 1.47. The van der Waals surface area contributed by atoms with Crippen LogP contribution >= 0.6 is 31.9 Å². The molecule has 5 heteroatoms. The van der Waals surface area contributed by atoms with Gasteiger partial charge in [0.25, 0.3) is 0 Å². The predicted molar refractivity (Wildman–Crippen MR) is 78.2 cm³/mol. The first kappa shape index (κ1) is 14.2. The second-order valence-electron chi connectivity index (χ2n) is 3.80. The van der Waals surface area contributed by atoms with Crippen molar-refractivity contribution in [2.75, 3.05) is 7.11 Å². The third-order valence-electron chi connectivity index (χ3n) is 2.58. The number of benzene rings is 2. The van der Waals surface area contributed by atoms with Crippen LogP contribution in [0.3, 0.4) is 0 Å². The van der Waals surface area contributed by atoms with E-state index in [1.807, 2.05) is 0 Å². The standard InChI is InChI=1S/C14H9Br2FO2/c1-19-13-5-3-9(16)7-11(13)14(18)10-6-8(15)2-4-12(10)17/h2-7H,1H3. The highest BCUT2D eigenvalue weighted by molar-refractivity contribution is 9.10. The van der Waals surface area contributed by atoms with Crippen LogP contribution in [0.5, 0.6) is 5.75 Å². The Bertz CT molecular complexity index is 641. The van der Waals surface area contributed by atoms with Crippen molar-refractivity contribution in [2.45, 2.75) is 0 Å². The summed E-state index contributed by atoms with van der Waals surface area (Å²) >= 11 is 6.52. The van der Waals surface area contributed by atoms with Gasteiger partial charge >= 0.3 is 0 Å². The Morgan fingerprint density at radius 1 is 1.05 bits per heavy atom. The Balaban J connectivity index is 2.55. The maximum atomic E-state index is 13.7. The van der Waals surface area contributed by atoms with Gasteiger partial charge in [-0.05, 0) is 36.4 Å². The van der Waals surface area contributed by atoms with Gasteiger partial charge in [-0.25, -0.2) is 4.39 Å². The summed E-state index contributed by atoms with van der Waals surface area (Å²) in [5.41, 5.74) is 0.319. The van der Waals surface area contributed by atoms with Gasteiger partial charge < -0.3 is 4.74 Å². The van der Waals surface area contributed by atoms with E-state index in [1.165, 1.54) is 19.2 Å². The zero-order chi connectivity index (χ0) is 14.0. The number of hydrogen-bond donors (Lipinski definition) is 0. The van der Waals surface area contributed by atoms with Gasteiger partial charge in [-0.1, -0.05) is 31.9 Å². The molecule has 2 nitrogen and oxygen atoms in total. The Morgan fingerprint density at radius 2 is 1.63 bits per heavy atom. The lowest BCUT2D eigenvalue weighted by atomic mass is 10.0. The summed E-state index contributed by atoms with van der Waals surface area (Å²) in [6, 6.07) is 9.28. The quantitative estimate of drug-likeness (QED) is 0.720. The van der Waals surface area contributed by atoms with Crippen molar-refractivity contribution < 1.29 is 13.9 Å². The first-order chi connectivity index (χ1) is 9.02. The summed E-state index contributed by atoms with van der Waals surface area (Å²) in [6.45, 7) is 0. The van der Waals surface area contributed by atoms with Crippen molar-refractivity contribution in [3.05, 3.63) is 62.3 Å². The average molecular weight is 388 g/mol. The van der Waals surface area contributed by atoms with Crippen LogP contribution in [0.4, 0.5) is 4.39 Å². The summed E-state index contributed by atoms with van der Waals surface area (Å²) in [4.78, 5) is 12.4. The second-order valence-corrected chi connectivity index (χ2v) is 5.63. The van der Waals surface area contributed by atoms with Crippen molar-refractivity contribution in [3.8, 4) is 5.75 Å². The van der Waals surface area contributed by atoms with Gasteiger partial charge in [-0.3, -0.25) is 4.79 Å². The predicted octanol–water partition coefficient (Wildman–Crippen LogP) is 4.59. The fraction of sp³-hybridized carbons (Fsp3) is 0.0714. The molecule has 2 aromatic carbocycles. The van der Waals surface area contributed by atoms with E-state index in [2.05, 4.69) is 31.9 Å². The molecule has 0 saturated carbocycles. The number of rotatable bonds is 3. The van der Waals surface area contributed by atoms with Gasteiger partial charge in [0.1, 0.15) is 11.6 Å². The van der Waals surface area contributed by atoms with E-state index < -0.39 is 11.6 Å². The molecule has 0 aliphatic heterocycles. The number of methoxy groups -OCH3 is 1. The number of carbonyl (C=O) groups excluding carboxylic acids is 1. The van der Waals surface area contributed by atoms with Crippen molar-refractivity contribution >= 4 is 37.6 Å². The molecule has 0 spiro atoms. The summed E-state index contributed by atoms with van der Waals surface area (Å²) in [5, 5.41) is 0. The highest BCUT2D eigenvalue weighted by atomic mass is 79.9. The molecule has 0 aliphatic rings. The van der Waals surface area contributed by atoms with Crippen LogP contribution in [-0.2, 0) is 0 Å². The van der Waals surface area contributed by atoms with Gasteiger partial charge in [0.15, 0.2) is 5.78 Å². The fourth-order valence-corrected chi connectivity index (χ4v) is 2.40. The van der Waals surface area contributed by atoms with Gasteiger partial charge in [-0.15, -0.1) is 0 Å². The van der Waals surface area contributed by atoms with Crippen LogP contribution < -0.4 is 4.74 Å². The van der Waals surface area contributed by atoms with Crippen molar-refractivity contribution in [1.29, 1.82) is 0 Å². The van der Waals surface area contributed by atoms with Crippen LogP contribution in [0.15, 0.2) is 45.3 Å². The second kappa shape index (κ2) is 5.84. The largest absolute Gasteiger partial charge is 0.496 e. The lowest BCUT2D eigenvalue weighted by Gasteiger charge is -2.09. The molecule has 0 amide bonds. The van der Waals surface area contributed by atoms with Crippen LogP contribution in [0, 0.1) is 5.82 Å². The molecule has 0 radical (unpaired) electrons. The van der Waals surface area contributed by atoms with E-state index in [1.54, 1.807) is 24.3 Å². The minimum atomic E-state index is -0.560. The van der Waals surface area contributed by atoms with E-state index in [-0.39, 0.29) is 5.56 Å². The van der Waals surface area contributed by atoms with Crippen LogP contribution in [-0.4, -0.2) is 12.9 Å². The number of carbonyl (C=O) groups is 1. The van der Waals surface area contributed by atoms with Crippen molar-refractivity contribution in [2.24, 2.45) is 0 Å². The minimum Gasteiger partial charge on any atom is -0.496 e. The molecule has 0 atom stereocenters. The van der Waals surface area contributed by atoms with Gasteiger partial charge in [-0.2, -0.15) is 0 Å². The van der Waals surface area contributed by atoms with E-state index in [0.717, 1.165) is 4.47 Å². The smallest absolute Gasteiger partial charge is 0.199 e. The number of halogens is 3. The Labute approximate surface area is 126 Å². The lowest BCUT2D eigenvalue weighted by molar-refractivity contribution is 0.103. The molecule has 0 aliphatic carbocycles. The molecule has 0 unspecified atom stereocenters. The molecule has 0 N–H and O–H groups in total. The Hall–Kier alpha value is -1.20. The van der Waals surface area contributed by atoms with E-state index in [0.29, 0.717) is 15.8 Å². The minimum absolute atomic E-state index is 0.00535. The molecule has 2 aromatic rings. The van der Waals surface area contributed by atoms with Gasteiger partial charge in [0, 0.05) is 8.95 Å². The Morgan fingerprint density at radius 3 is 2.26 bits per heavy atom. The van der Waals surface area contributed by atoms with Gasteiger partial charge in [0.2, 0.25) is 0 Å². The highest BCUT2D eigenvalue weighted by Crippen LogP contribution is 2.27. The molecule has 0 saturated heterocycles. The van der Waals surface area contributed by atoms with Crippen LogP contribution in [0.1, 0.15) is 15.9 Å². The number of ether oxygens (including phenoxy) is 1. The molecule has 0 heterocycles. The highest BCUT2D eigenvalue weighted by Gasteiger charge is 2.18. The normalized spacial score (nSPS) is 10.3. The Kier molecular flexibility index (Phi) is 4.37. The fourth-order valence-electron chi connectivity index (χ4n) is 1.67. The molecular formula is C14H9Br2FO2. The molecule has 2 rings (SSSR count). The summed E-state index contributed by atoms with van der Waals surface area (Å²) < 4.78 is 20.3. The maximum absolute atomic E-state index is 13.7. The van der Waals surface area contributed by atoms with E-state index >= 15 is 0 Å². The van der Waals surface area contributed by atoms with Crippen LogP contribution in [0.2, 0.25) is 0 Å². The molecule has 98 valence electrons. The molecule has 0 aromatic heterocycles. The topological polar surface area (TPSA) is 26.3 Å². The SMILES string of the molecule is COc1ccc(Br)cc1C(=O)c1cc(Br)ccc1F. The average Bonchev–Trinajstić information content (AvgIpc) is 2.40. The first-order valence-corrected chi connectivity index (χ1v) is 6.95. The summed E-state index contributed by atoms with van der Waals surface area (Å²) in [5.74, 6) is -0.570. The number of hydrogen-bond acceptors (Lipinski definition) is 2. The van der Waals surface area contributed by atoms with Gasteiger partial charge in [0.05, 0.1) is 18.2 Å². The van der Waals surface area contributed by atoms with Crippen LogP contribution in [0.25, 0.3) is 0 Å². The lowest BCUT2D eigenvalue weighted by Crippen LogP contribution is -2.06. The maximum Gasteiger partial charge on any atom is 0.199 e. The monoisotopic (exact) mass is 386 g/mol. The molecule has 0 fully saturated rings. The number of ketones is 1. The zero-order valence-corrected chi connectivity index (χ0v) is 13.1. The molecular weight excluding hydrogens is 379 g/mol. The third kappa shape index (κ3) is 3.04. The third-order valence-corrected chi connectivity index (χ3v) is 3.57. The van der Waals surface area contributed by atoms with Crippen molar-refractivity contribution in [1.82, 2.24) is 0 Å². The van der Waals surface area contributed by atoms with E-state index in [9.17, 15) is 9.18 Å². The zero-order valence-electron chi connectivity index (χ0n) is 9.91. The first-order valence-electron chi connectivity index (χ1n) is 5.36. The molecule has 19 heavy (non-hydrogen) atoms. The van der Waals surface area contributed by atoms with E-state index in [4.69, 9.17) is 4.74 Å². The van der Waals surface area contributed by atoms with Crippen molar-refractivity contribution in [3.63, 3.8) is 0 Å².